The van der Waals surface area contributed by atoms with Gasteiger partial charge in [0.1, 0.15) is 0 Å². The number of benzene rings is 1. The van der Waals surface area contributed by atoms with Crippen LogP contribution >= 0.6 is 23.4 Å². The highest BCUT2D eigenvalue weighted by Crippen LogP contribution is 2.43. The van der Waals surface area contributed by atoms with Gasteiger partial charge in [-0.15, -0.1) is 11.8 Å². The van der Waals surface area contributed by atoms with Crippen LogP contribution in [0, 0.1) is 5.41 Å². The minimum atomic E-state index is 0.379. The van der Waals surface area contributed by atoms with E-state index in [2.05, 4.69) is 38.2 Å². The van der Waals surface area contributed by atoms with Crippen LogP contribution in [-0.2, 0) is 0 Å². The summed E-state index contributed by atoms with van der Waals surface area (Å²) in [5.41, 5.74) is 0.379. The van der Waals surface area contributed by atoms with E-state index in [9.17, 15) is 0 Å². The highest BCUT2D eigenvalue weighted by atomic mass is 35.5. The monoisotopic (exact) mass is 297 g/mol. The Balaban J connectivity index is 2.12. The molecule has 0 saturated heterocycles. The number of thioether (sulfide) groups is 1. The predicted octanol–water partition coefficient (Wildman–Crippen LogP) is 4.99. The van der Waals surface area contributed by atoms with E-state index in [-0.39, 0.29) is 0 Å². The average Bonchev–Trinajstić information content (AvgIpc) is 2.33. The van der Waals surface area contributed by atoms with Crippen molar-refractivity contribution in [2.45, 2.75) is 56.2 Å². The van der Waals surface area contributed by atoms with Crippen LogP contribution < -0.4 is 5.32 Å². The van der Waals surface area contributed by atoms with Gasteiger partial charge in [-0.1, -0.05) is 44.9 Å². The van der Waals surface area contributed by atoms with E-state index in [4.69, 9.17) is 11.6 Å². The first kappa shape index (κ1) is 15.2. The standard InChI is InChI=1S/C16H24ClNS/c1-4-18-15-14(9-6-10-16(15,2)3)19-13-8-5-7-12(17)11-13/h5,7-8,11,14-15,18H,4,6,9-10H2,1-3H3. The molecule has 0 aliphatic heterocycles. The van der Waals surface area contributed by atoms with Crippen molar-refractivity contribution < 1.29 is 0 Å². The molecule has 0 spiro atoms. The van der Waals surface area contributed by atoms with Crippen LogP contribution in [-0.4, -0.2) is 17.8 Å². The molecule has 0 heterocycles. The van der Waals surface area contributed by atoms with Crippen LogP contribution in [0.5, 0.6) is 0 Å². The summed E-state index contributed by atoms with van der Waals surface area (Å²) in [6, 6.07) is 8.81. The second kappa shape index (κ2) is 6.51. The summed E-state index contributed by atoms with van der Waals surface area (Å²) in [7, 11) is 0. The lowest BCUT2D eigenvalue weighted by Gasteiger charge is -2.44. The highest BCUT2D eigenvalue weighted by molar-refractivity contribution is 8.00. The van der Waals surface area contributed by atoms with Gasteiger partial charge in [0.15, 0.2) is 0 Å². The fourth-order valence-corrected chi connectivity index (χ4v) is 4.90. The van der Waals surface area contributed by atoms with E-state index in [1.807, 2.05) is 23.9 Å². The average molecular weight is 298 g/mol. The molecule has 1 aromatic carbocycles. The number of rotatable bonds is 4. The Morgan fingerprint density at radius 2 is 2.21 bits per heavy atom. The topological polar surface area (TPSA) is 12.0 Å². The Bertz CT molecular complexity index is 419. The van der Waals surface area contributed by atoms with Crippen molar-refractivity contribution >= 4 is 23.4 Å². The summed E-state index contributed by atoms with van der Waals surface area (Å²) < 4.78 is 0. The van der Waals surface area contributed by atoms with Crippen LogP contribution in [0.3, 0.4) is 0 Å². The molecule has 0 bridgehead atoms. The van der Waals surface area contributed by atoms with Gasteiger partial charge in [-0.05, 0) is 43.0 Å². The molecule has 1 nitrogen and oxygen atoms in total. The van der Waals surface area contributed by atoms with Gasteiger partial charge in [0, 0.05) is 21.2 Å². The SMILES string of the molecule is CCNC1C(Sc2cccc(Cl)c2)CCCC1(C)C. The minimum Gasteiger partial charge on any atom is -0.313 e. The molecule has 2 atom stereocenters. The van der Waals surface area contributed by atoms with Gasteiger partial charge in [0.05, 0.1) is 0 Å². The summed E-state index contributed by atoms with van der Waals surface area (Å²) in [5.74, 6) is 0. The molecule has 19 heavy (non-hydrogen) atoms. The lowest BCUT2D eigenvalue weighted by Crippen LogP contribution is -2.51. The fraction of sp³-hybridized carbons (Fsp3) is 0.625. The van der Waals surface area contributed by atoms with Crippen LogP contribution in [0.1, 0.15) is 40.0 Å². The van der Waals surface area contributed by atoms with E-state index < -0.39 is 0 Å². The maximum atomic E-state index is 6.09. The fourth-order valence-electron chi connectivity index (χ4n) is 3.05. The third kappa shape index (κ3) is 3.90. The zero-order valence-electron chi connectivity index (χ0n) is 12.1. The molecular formula is C16H24ClNS. The zero-order chi connectivity index (χ0) is 13.9. The lowest BCUT2D eigenvalue weighted by atomic mass is 9.73. The van der Waals surface area contributed by atoms with Crippen molar-refractivity contribution in [1.29, 1.82) is 0 Å². The Morgan fingerprint density at radius 3 is 2.89 bits per heavy atom. The van der Waals surface area contributed by atoms with Crippen molar-refractivity contribution in [3.05, 3.63) is 29.3 Å². The van der Waals surface area contributed by atoms with E-state index in [0.717, 1.165) is 11.6 Å². The van der Waals surface area contributed by atoms with Crippen LogP contribution in [0.2, 0.25) is 5.02 Å². The Labute approximate surface area is 126 Å². The summed E-state index contributed by atoms with van der Waals surface area (Å²) in [5, 5.41) is 5.18. The molecule has 1 aliphatic rings. The van der Waals surface area contributed by atoms with Gasteiger partial charge >= 0.3 is 0 Å². The molecule has 1 saturated carbocycles. The zero-order valence-corrected chi connectivity index (χ0v) is 13.7. The van der Waals surface area contributed by atoms with E-state index in [0.29, 0.717) is 16.7 Å². The van der Waals surface area contributed by atoms with Gasteiger partial charge in [-0.2, -0.15) is 0 Å². The smallest absolute Gasteiger partial charge is 0.0417 e. The van der Waals surface area contributed by atoms with Gasteiger partial charge in [0.2, 0.25) is 0 Å². The number of hydrogen-bond donors (Lipinski definition) is 1. The van der Waals surface area contributed by atoms with E-state index in [1.54, 1.807) is 0 Å². The molecule has 2 unspecified atom stereocenters. The summed E-state index contributed by atoms with van der Waals surface area (Å²) in [4.78, 5) is 1.29. The molecule has 1 N–H and O–H groups in total. The quantitative estimate of drug-likeness (QED) is 0.840. The van der Waals surface area contributed by atoms with Crippen molar-refractivity contribution in [3.63, 3.8) is 0 Å². The largest absolute Gasteiger partial charge is 0.313 e. The molecule has 1 aliphatic carbocycles. The first-order valence-corrected chi connectivity index (χ1v) is 8.44. The van der Waals surface area contributed by atoms with Gasteiger partial charge in [0.25, 0.3) is 0 Å². The van der Waals surface area contributed by atoms with E-state index in [1.165, 1.54) is 24.2 Å². The molecule has 3 heteroatoms. The third-order valence-corrected chi connectivity index (χ3v) is 5.60. The molecule has 0 aromatic heterocycles. The molecule has 0 radical (unpaired) electrons. The normalized spacial score (nSPS) is 26.3. The Hall–Kier alpha value is -0.180. The second-order valence-corrected chi connectivity index (χ2v) is 7.78. The molecule has 0 amide bonds. The first-order chi connectivity index (χ1) is 9.03. The number of hydrogen-bond acceptors (Lipinski definition) is 2. The third-order valence-electron chi connectivity index (χ3n) is 4.03. The van der Waals surface area contributed by atoms with Crippen molar-refractivity contribution in [3.8, 4) is 0 Å². The Kier molecular flexibility index (Phi) is 5.22. The second-order valence-electron chi connectivity index (χ2n) is 6.03. The maximum absolute atomic E-state index is 6.09. The minimum absolute atomic E-state index is 0.379. The molecule has 106 valence electrons. The van der Waals surface area contributed by atoms with Crippen LogP contribution in [0.4, 0.5) is 0 Å². The van der Waals surface area contributed by atoms with Crippen LogP contribution in [0.15, 0.2) is 29.2 Å². The lowest BCUT2D eigenvalue weighted by molar-refractivity contribution is 0.176. The maximum Gasteiger partial charge on any atom is 0.0417 e. The van der Waals surface area contributed by atoms with Crippen molar-refractivity contribution in [1.82, 2.24) is 5.32 Å². The molecule has 1 fully saturated rings. The summed E-state index contributed by atoms with van der Waals surface area (Å²) in [6.45, 7) is 8.03. The molecule has 2 rings (SSSR count). The molecule has 1 aromatic rings. The summed E-state index contributed by atoms with van der Waals surface area (Å²) in [6.07, 6.45) is 3.93. The first-order valence-electron chi connectivity index (χ1n) is 7.18. The van der Waals surface area contributed by atoms with Gasteiger partial charge in [-0.25, -0.2) is 0 Å². The highest BCUT2D eigenvalue weighted by Gasteiger charge is 2.38. The summed E-state index contributed by atoms with van der Waals surface area (Å²) >= 11 is 8.07. The van der Waals surface area contributed by atoms with E-state index >= 15 is 0 Å². The Morgan fingerprint density at radius 1 is 1.42 bits per heavy atom. The molecular weight excluding hydrogens is 274 g/mol. The number of halogens is 1. The van der Waals surface area contributed by atoms with Crippen molar-refractivity contribution in [2.24, 2.45) is 5.41 Å². The van der Waals surface area contributed by atoms with Gasteiger partial charge in [-0.3, -0.25) is 0 Å². The predicted molar refractivity (Wildman–Crippen MR) is 86.2 cm³/mol. The number of nitrogens with one attached hydrogen (secondary N) is 1. The van der Waals surface area contributed by atoms with Gasteiger partial charge < -0.3 is 5.32 Å². The van der Waals surface area contributed by atoms with Crippen molar-refractivity contribution in [2.75, 3.05) is 6.54 Å². The van der Waals surface area contributed by atoms with Crippen LogP contribution in [0.25, 0.3) is 0 Å².